The first kappa shape index (κ1) is 23.1. The molecule has 0 bridgehead atoms. The summed E-state index contributed by atoms with van der Waals surface area (Å²) in [5.74, 6) is 0.652. The van der Waals surface area contributed by atoms with E-state index in [-0.39, 0.29) is 16.7 Å². The number of rotatable bonds is 6. The lowest BCUT2D eigenvalue weighted by Crippen LogP contribution is -2.43. The molecule has 0 radical (unpaired) electrons. The van der Waals surface area contributed by atoms with Crippen molar-refractivity contribution in [2.24, 2.45) is 5.92 Å². The van der Waals surface area contributed by atoms with E-state index in [2.05, 4.69) is 0 Å². The highest BCUT2D eigenvalue weighted by Gasteiger charge is 2.34. The molecule has 1 aliphatic rings. The Morgan fingerprint density at radius 3 is 2.19 bits per heavy atom. The number of hydrogen-bond acceptors (Lipinski definition) is 5. The van der Waals surface area contributed by atoms with Crippen LogP contribution in [0.1, 0.15) is 24.0 Å². The number of carbonyl (C=O) groups is 1. The SMILES string of the molecule is COc1ccc(S(=O)(=O)N2CCC(C(=O)N(C)c3ccc(C)c(C)c3)CC2)cc1OC. The van der Waals surface area contributed by atoms with Crippen molar-refractivity contribution >= 4 is 21.6 Å². The van der Waals surface area contributed by atoms with Crippen molar-refractivity contribution in [2.45, 2.75) is 31.6 Å². The van der Waals surface area contributed by atoms with Crippen molar-refractivity contribution in [3.05, 3.63) is 47.5 Å². The van der Waals surface area contributed by atoms with Gasteiger partial charge < -0.3 is 14.4 Å². The molecule has 1 saturated heterocycles. The maximum atomic E-state index is 13.1. The molecule has 2 aromatic carbocycles. The van der Waals surface area contributed by atoms with Gasteiger partial charge in [-0.05, 0) is 62.1 Å². The fourth-order valence-electron chi connectivity index (χ4n) is 3.80. The number of sulfonamides is 1. The largest absolute Gasteiger partial charge is 0.493 e. The second-order valence-electron chi connectivity index (χ2n) is 7.86. The molecular weight excluding hydrogens is 416 g/mol. The standard InChI is InChI=1S/C23H30N2O5S/c1-16-6-7-19(14-17(16)2)24(3)23(26)18-10-12-25(13-11-18)31(27,28)20-8-9-21(29-4)22(15-20)30-5/h6-9,14-15,18H,10-13H2,1-5H3. The average molecular weight is 447 g/mol. The van der Waals surface area contributed by atoms with Crippen molar-refractivity contribution in [1.29, 1.82) is 0 Å². The molecule has 1 fully saturated rings. The predicted octanol–water partition coefficient (Wildman–Crippen LogP) is 3.38. The summed E-state index contributed by atoms with van der Waals surface area (Å²) in [6, 6.07) is 10.5. The molecule has 0 spiro atoms. The zero-order valence-electron chi connectivity index (χ0n) is 18.7. The normalized spacial score (nSPS) is 15.5. The second-order valence-corrected chi connectivity index (χ2v) is 9.80. The number of benzene rings is 2. The fourth-order valence-corrected chi connectivity index (χ4v) is 5.29. The van der Waals surface area contributed by atoms with Crippen LogP contribution in [0.2, 0.25) is 0 Å². The van der Waals surface area contributed by atoms with Crippen LogP contribution in [0.3, 0.4) is 0 Å². The molecule has 0 saturated carbocycles. The first-order valence-electron chi connectivity index (χ1n) is 10.3. The van der Waals surface area contributed by atoms with E-state index < -0.39 is 10.0 Å². The van der Waals surface area contributed by atoms with E-state index in [1.165, 1.54) is 36.2 Å². The maximum Gasteiger partial charge on any atom is 0.243 e. The van der Waals surface area contributed by atoms with Crippen LogP contribution in [-0.2, 0) is 14.8 Å². The smallest absolute Gasteiger partial charge is 0.243 e. The molecule has 0 aromatic heterocycles. The minimum absolute atomic E-state index is 0.0198. The number of aryl methyl sites for hydroxylation is 2. The number of nitrogens with zero attached hydrogens (tertiary/aromatic N) is 2. The van der Waals surface area contributed by atoms with E-state index >= 15 is 0 Å². The number of methoxy groups -OCH3 is 2. The molecule has 1 amide bonds. The third-order valence-electron chi connectivity index (χ3n) is 6.00. The lowest BCUT2D eigenvalue weighted by Gasteiger charge is -2.32. The molecule has 0 aliphatic carbocycles. The first-order valence-corrected chi connectivity index (χ1v) is 11.7. The highest BCUT2D eigenvalue weighted by atomic mass is 32.2. The third kappa shape index (κ3) is 4.70. The minimum Gasteiger partial charge on any atom is -0.493 e. The number of amides is 1. The average Bonchev–Trinajstić information content (AvgIpc) is 2.79. The molecule has 31 heavy (non-hydrogen) atoms. The van der Waals surface area contributed by atoms with E-state index in [9.17, 15) is 13.2 Å². The molecule has 2 aromatic rings. The molecule has 8 heteroatoms. The Bertz CT molecular complexity index is 1060. The lowest BCUT2D eigenvalue weighted by atomic mass is 9.96. The number of piperidine rings is 1. The Balaban J connectivity index is 1.69. The van der Waals surface area contributed by atoms with Crippen molar-refractivity contribution < 1.29 is 22.7 Å². The van der Waals surface area contributed by atoms with Crippen LogP contribution in [0, 0.1) is 19.8 Å². The summed E-state index contributed by atoms with van der Waals surface area (Å²) >= 11 is 0. The van der Waals surface area contributed by atoms with E-state index in [1.807, 2.05) is 32.0 Å². The van der Waals surface area contributed by atoms with Crippen LogP contribution in [-0.4, -0.2) is 53.0 Å². The van der Waals surface area contributed by atoms with Crippen LogP contribution in [0.15, 0.2) is 41.3 Å². The number of hydrogen-bond donors (Lipinski definition) is 0. The fraction of sp³-hybridized carbons (Fsp3) is 0.435. The van der Waals surface area contributed by atoms with Gasteiger partial charge in [0.1, 0.15) is 0 Å². The summed E-state index contributed by atoms with van der Waals surface area (Å²) in [4.78, 5) is 14.8. The highest BCUT2D eigenvalue weighted by Crippen LogP contribution is 2.32. The highest BCUT2D eigenvalue weighted by molar-refractivity contribution is 7.89. The number of ether oxygens (including phenoxy) is 2. The number of anilines is 1. The molecule has 0 N–H and O–H groups in total. The van der Waals surface area contributed by atoms with Crippen molar-refractivity contribution in [2.75, 3.05) is 39.3 Å². The quantitative estimate of drug-likeness (QED) is 0.680. The molecular formula is C23H30N2O5S. The van der Waals surface area contributed by atoms with Crippen molar-refractivity contribution in [3.63, 3.8) is 0 Å². The topological polar surface area (TPSA) is 76.2 Å². The van der Waals surface area contributed by atoms with Crippen LogP contribution in [0.4, 0.5) is 5.69 Å². The third-order valence-corrected chi connectivity index (χ3v) is 7.90. The maximum absolute atomic E-state index is 13.1. The first-order chi connectivity index (χ1) is 14.7. The molecule has 0 atom stereocenters. The molecule has 1 heterocycles. The van der Waals surface area contributed by atoms with Gasteiger partial charge in [0.05, 0.1) is 19.1 Å². The van der Waals surface area contributed by atoms with E-state index in [0.717, 1.165) is 11.3 Å². The Kier molecular flexibility index (Phi) is 6.91. The summed E-state index contributed by atoms with van der Waals surface area (Å²) in [6.07, 6.45) is 0.973. The Labute approximate surface area is 184 Å². The van der Waals surface area contributed by atoms with Gasteiger partial charge in [0.2, 0.25) is 15.9 Å². The summed E-state index contributed by atoms with van der Waals surface area (Å²) in [5, 5.41) is 0. The van der Waals surface area contributed by atoms with Crippen LogP contribution in [0.5, 0.6) is 11.5 Å². The zero-order valence-corrected chi connectivity index (χ0v) is 19.5. The van der Waals surface area contributed by atoms with Crippen LogP contribution >= 0.6 is 0 Å². The number of carbonyl (C=O) groups excluding carboxylic acids is 1. The molecule has 1 aliphatic heterocycles. The summed E-state index contributed by atoms with van der Waals surface area (Å²) in [7, 11) is 1.07. The molecule has 3 rings (SSSR count). The van der Waals surface area contributed by atoms with Gasteiger partial charge in [0, 0.05) is 37.8 Å². The minimum atomic E-state index is -3.68. The van der Waals surface area contributed by atoms with Gasteiger partial charge in [-0.25, -0.2) is 8.42 Å². The molecule has 7 nitrogen and oxygen atoms in total. The second kappa shape index (κ2) is 9.28. The van der Waals surface area contributed by atoms with Gasteiger partial charge in [-0.1, -0.05) is 6.07 Å². The summed E-state index contributed by atoms with van der Waals surface area (Å²) in [5.41, 5.74) is 3.17. The Morgan fingerprint density at radius 2 is 1.61 bits per heavy atom. The Morgan fingerprint density at radius 1 is 0.968 bits per heavy atom. The van der Waals surface area contributed by atoms with Gasteiger partial charge in [-0.3, -0.25) is 4.79 Å². The van der Waals surface area contributed by atoms with Crippen LogP contribution < -0.4 is 14.4 Å². The van der Waals surface area contributed by atoms with Gasteiger partial charge in [-0.15, -0.1) is 0 Å². The van der Waals surface area contributed by atoms with E-state index in [0.29, 0.717) is 37.4 Å². The van der Waals surface area contributed by atoms with E-state index in [1.54, 1.807) is 18.0 Å². The molecule has 168 valence electrons. The lowest BCUT2D eigenvalue weighted by molar-refractivity contribution is -0.123. The molecule has 0 unspecified atom stereocenters. The van der Waals surface area contributed by atoms with Gasteiger partial charge in [0.15, 0.2) is 11.5 Å². The Hall–Kier alpha value is -2.58. The van der Waals surface area contributed by atoms with E-state index in [4.69, 9.17) is 9.47 Å². The monoisotopic (exact) mass is 446 g/mol. The van der Waals surface area contributed by atoms with Crippen LogP contribution in [0.25, 0.3) is 0 Å². The van der Waals surface area contributed by atoms with Crippen molar-refractivity contribution in [1.82, 2.24) is 4.31 Å². The summed E-state index contributed by atoms with van der Waals surface area (Å²) in [6.45, 7) is 4.66. The zero-order chi connectivity index (χ0) is 22.8. The van der Waals surface area contributed by atoms with Gasteiger partial charge in [-0.2, -0.15) is 4.31 Å². The van der Waals surface area contributed by atoms with Crippen molar-refractivity contribution in [3.8, 4) is 11.5 Å². The predicted molar refractivity (Wildman–Crippen MR) is 120 cm³/mol. The van der Waals surface area contributed by atoms with Gasteiger partial charge >= 0.3 is 0 Å². The van der Waals surface area contributed by atoms with Gasteiger partial charge in [0.25, 0.3) is 0 Å². The summed E-state index contributed by atoms with van der Waals surface area (Å²) < 4.78 is 38.0.